The van der Waals surface area contributed by atoms with Crippen LogP contribution in [0.15, 0.2) is 0 Å². The van der Waals surface area contributed by atoms with Gasteiger partial charge in [-0.15, -0.1) is 0 Å². The summed E-state index contributed by atoms with van der Waals surface area (Å²) >= 11 is 0. The summed E-state index contributed by atoms with van der Waals surface area (Å²) < 4.78 is 4.66. The molecule has 84 valence electrons. The lowest BCUT2D eigenvalue weighted by Gasteiger charge is -2.44. The smallest absolute Gasteiger partial charge is 0.219 e. The third-order valence-corrected chi connectivity index (χ3v) is 2.28. The highest BCUT2D eigenvalue weighted by molar-refractivity contribution is 4.95. The SMILES string of the molecule is O[13CH2][13C@H]1O[13C](O)([13CH2]O)[13C@@H](O)[13C@@H](O)[13C@@H]1O. The normalized spacial score (nSPS) is 49.3. The van der Waals surface area contributed by atoms with E-state index in [1.807, 2.05) is 0 Å². The first-order chi connectivity index (χ1) is 6.46. The fourth-order valence-corrected chi connectivity index (χ4v) is 1.35. The summed E-state index contributed by atoms with van der Waals surface area (Å²) in [5, 5.41) is 54.6. The van der Waals surface area contributed by atoms with Gasteiger partial charge in [-0.1, -0.05) is 0 Å². The molecular formula is C7H14O7. The van der Waals surface area contributed by atoms with Crippen LogP contribution in [0.3, 0.4) is 0 Å². The molecule has 1 fully saturated rings. The molecule has 1 aliphatic rings. The number of aliphatic hydroxyl groups is 6. The third-order valence-electron chi connectivity index (χ3n) is 2.28. The largest absolute Gasteiger partial charge is 0.394 e. The molecule has 0 amide bonds. The summed E-state index contributed by atoms with van der Waals surface area (Å²) in [4.78, 5) is 0. The lowest BCUT2D eigenvalue weighted by atomic mass is 10.9. The second kappa shape index (κ2) is 4.07. The Hall–Kier alpha value is -0.280. The zero-order valence-electron chi connectivity index (χ0n) is 7.32. The molecule has 0 aromatic rings. The van der Waals surface area contributed by atoms with Gasteiger partial charge in [-0.3, -0.25) is 0 Å². The van der Waals surface area contributed by atoms with Crippen molar-refractivity contribution < 1.29 is 35.4 Å². The van der Waals surface area contributed by atoms with Crippen molar-refractivity contribution in [3.63, 3.8) is 0 Å². The van der Waals surface area contributed by atoms with Crippen molar-refractivity contribution in [1.29, 1.82) is 0 Å². The van der Waals surface area contributed by atoms with Crippen LogP contribution < -0.4 is 0 Å². The minimum atomic E-state index is -2.36. The van der Waals surface area contributed by atoms with Gasteiger partial charge in [0.2, 0.25) is 5.79 Å². The van der Waals surface area contributed by atoms with E-state index < -0.39 is 43.4 Å². The second-order valence-electron chi connectivity index (χ2n) is 3.27. The van der Waals surface area contributed by atoms with E-state index in [1.165, 1.54) is 0 Å². The van der Waals surface area contributed by atoms with E-state index in [-0.39, 0.29) is 0 Å². The van der Waals surface area contributed by atoms with Gasteiger partial charge >= 0.3 is 0 Å². The Bertz CT molecular complexity index is 196. The molecule has 1 saturated heterocycles. The maximum atomic E-state index is 9.43. The van der Waals surface area contributed by atoms with E-state index in [0.717, 1.165) is 0 Å². The number of aliphatic hydroxyl groups excluding tert-OH is 5. The van der Waals surface area contributed by atoms with E-state index in [2.05, 4.69) is 4.74 Å². The molecule has 0 aliphatic carbocycles. The molecule has 1 heterocycles. The van der Waals surface area contributed by atoms with Gasteiger partial charge in [0, 0.05) is 0 Å². The minimum Gasteiger partial charge on any atom is -0.394 e. The Kier molecular flexibility index (Phi) is 3.43. The van der Waals surface area contributed by atoms with Crippen LogP contribution in [0.1, 0.15) is 0 Å². The summed E-state index contributed by atoms with van der Waals surface area (Å²) in [6.45, 7) is -1.60. The summed E-state index contributed by atoms with van der Waals surface area (Å²) in [6.07, 6.45) is -6.27. The highest BCUT2D eigenvalue weighted by Gasteiger charge is 2.52. The Balaban J connectivity index is 2.84. The molecule has 0 saturated carbocycles. The van der Waals surface area contributed by atoms with Crippen molar-refractivity contribution in [2.24, 2.45) is 0 Å². The Morgan fingerprint density at radius 3 is 2.07 bits per heavy atom. The minimum absolute atomic E-state index is 0.646. The van der Waals surface area contributed by atoms with Crippen LogP contribution in [-0.2, 0) is 4.74 Å². The quantitative estimate of drug-likeness (QED) is 0.261. The summed E-state index contributed by atoms with van der Waals surface area (Å²) in [7, 11) is 0. The maximum absolute atomic E-state index is 9.43. The molecule has 7 heteroatoms. The fraction of sp³-hybridized carbons (Fsp3) is 1.00. The van der Waals surface area contributed by atoms with E-state index in [1.54, 1.807) is 0 Å². The van der Waals surface area contributed by atoms with Crippen molar-refractivity contribution in [1.82, 2.24) is 0 Å². The first-order valence-corrected chi connectivity index (χ1v) is 4.12. The molecule has 0 aromatic heterocycles. The monoisotopic (exact) mass is 217 g/mol. The third kappa shape index (κ3) is 1.75. The maximum Gasteiger partial charge on any atom is 0.219 e. The highest BCUT2D eigenvalue weighted by Crippen LogP contribution is 2.27. The lowest BCUT2D eigenvalue weighted by Crippen LogP contribution is -2.66. The predicted octanol–water partition coefficient (Wildman–Crippen LogP) is -3.86. The van der Waals surface area contributed by atoms with Crippen LogP contribution in [0.5, 0.6) is 0 Å². The van der Waals surface area contributed by atoms with Gasteiger partial charge in [0.05, 0.1) is 13.2 Å². The van der Waals surface area contributed by atoms with Gasteiger partial charge in [0.15, 0.2) is 0 Å². The number of rotatable bonds is 2. The summed E-state index contributed by atoms with van der Waals surface area (Å²) in [5.74, 6) is -2.36. The number of hydrogen-bond donors (Lipinski definition) is 6. The van der Waals surface area contributed by atoms with Gasteiger partial charge in [-0.25, -0.2) is 0 Å². The summed E-state index contributed by atoms with van der Waals surface area (Å²) in [6, 6.07) is 0. The van der Waals surface area contributed by atoms with Crippen molar-refractivity contribution in [3.05, 3.63) is 0 Å². The fourth-order valence-electron chi connectivity index (χ4n) is 1.35. The molecule has 7 nitrogen and oxygen atoms in total. The zero-order chi connectivity index (χ0) is 10.9. The Labute approximate surface area is 79.8 Å². The van der Waals surface area contributed by atoms with Crippen LogP contribution >= 0.6 is 0 Å². The molecule has 6 N–H and O–H groups in total. The second-order valence-corrected chi connectivity index (χ2v) is 3.27. The topological polar surface area (TPSA) is 131 Å². The molecule has 1 unspecified atom stereocenters. The molecule has 5 atom stereocenters. The van der Waals surface area contributed by atoms with Crippen LogP contribution in [0, 0.1) is 0 Å². The van der Waals surface area contributed by atoms with Gasteiger partial charge in [-0.05, 0) is 0 Å². The first-order valence-electron chi connectivity index (χ1n) is 4.12. The zero-order valence-corrected chi connectivity index (χ0v) is 7.32. The van der Waals surface area contributed by atoms with E-state index in [9.17, 15) is 20.4 Å². The van der Waals surface area contributed by atoms with Crippen molar-refractivity contribution >= 4 is 0 Å². The van der Waals surface area contributed by atoms with Gasteiger partial charge in [-0.2, -0.15) is 0 Å². The molecule has 0 radical (unpaired) electrons. The molecule has 0 bridgehead atoms. The van der Waals surface area contributed by atoms with Crippen molar-refractivity contribution in [2.45, 2.75) is 30.2 Å². The molecule has 1 aliphatic heterocycles. The average molecular weight is 217 g/mol. The van der Waals surface area contributed by atoms with E-state index in [0.29, 0.717) is 0 Å². The van der Waals surface area contributed by atoms with Gasteiger partial charge in [0.1, 0.15) is 24.4 Å². The van der Waals surface area contributed by atoms with E-state index >= 15 is 0 Å². The predicted molar refractivity (Wildman–Crippen MR) is 42.0 cm³/mol. The average Bonchev–Trinajstić information content (AvgIpc) is 2.20. The number of ether oxygens (including phenoxy) is 1. The van der Waals surface area contributed by atoms with Crippen LogP contribution in [0.4, 0.5) is 0 Å². The van der Waals surface area contributed by atoms with Crippen molar-refractivity contribution in [2.75, 3.05) is 13.2 Å². The van der Waals surface area contributed by atoms with Gasteiger partial charge in [0.25, 0.3) is 0 Å². The van der Waals surface area contributed by atoms with Crippen LogP contribution in [-0.4, -0.2) is 74.1 Å². The van der Waals surface area contributed by atoms with E-state index in [4.69, 9.17) is 10.2 Å². The van der Waals surface area contributed by atoms with Crippen molar-refractivity contribution in [3.8, 4) is 0 Å². The van der Waals surface area contributed by atoms with Crippen LogP contribution in [0.25, 0.3) is 0 Å². The molecule has 0 spiro atoms. The van der Waals surface area contributed by atoms with Gasteiger partial charge < -0.3 is 35.4 Å². The molecule has 1 rings (SSSR count). The molecule has 14 heavy (non-hydrogen) atoms. The molecular weight excluding hydrogens is 203 g/mol. The Morgan fingerprint density at radius 2 is 1.64 bits per heavy atom. The highest BCUT2D eigenvalue weighted by atomic mass is 16.9. The van der Waals surface area contributed by atoms with Crippen LogP contribution in [0.2, 0.25) is 0 Å². The number of hydrogen-bond acceptors (Lipinski definition) is 7. The lowest BCUT2D eigenvalue weighted by molar-refractivity contribution is -0.357. The summed E-state index contributed by atoms with van der Waals surface area (Å²) in [5.41, 5.74) is 0. The Morgan fingerprint density at radius 1 is 1.07 bits per heavy atom. The first kappa shape index (κ1) is 11.8. The standard InChI is InChI=1S/C7H14O7/c8-1-3-4(10)5(11)6(12)7(13,2-9)14-3/h3-6,8-13H,1-2H2/t3-,4-,5+,6+,7?/m1/s1/i1+1,2+1,3+1,4+1,5+1,6+1,7+1. The molecule has 0 aromatic carbocycles.